The van der Waals surface area contributed by atoms with E-state index in [9.17, 15) is 8.42 Å². The van der Waals surface area contributed by atoms with Crippen molar-refractivity contribution in [3.05, 3.63) is 50.2 Å². The van der Waals surface area contributed by atoms with Gasteiger partial charge in [0.25, 0.3) is 0 Å². The second kappa shape index (κ2) is 7.97. The summed E-state index contributed by atoms with van der Waals surface area (Å²) in [6, 6.07) is 10.2. The molecule has 28 heavy (non-hydrogen) atoms. The normalized spacial score (nSPS) is 11.8. The van der Waals surface area contributed by atoms with Gasteiger partial charge in [0.05, 0.1) is 9.77 Å². The topological polar surface area (TPSA) is 104 Å². The lowest BCUT2D eigenvalue weighted by Gasteiger charge is -2.09. The van der Waals surface area contributed by atoms with Gasteiger partial charge in [0.2, 0.25) is 15.2 Å². The van der Waals surface area contributed by atoms with Gasteiger partial charge >= 0.3 is 0 Å². The Morgan fingerprint density at radius 1 is 1.11 bits per heavy atom. The fourth-order valence-corrected chi connectivity index (χ4v) is 6.76. The quantitative estimate of drug-likeness (QED) is 0.365. The van der Waals surface area contributed by atoms with Crippen LogP contribution in [0.1, 0.15) is 0 Å². The second-order valence-corrected chi connectivity index (χ2v) is 12.1. The summed E-state index contributed by atoms with van der Waals surface area (Å²) < 4.78 is 27.4. The summed E-state index contributed by atoms with van der Waals surface area (Å²) in [6.45, 7) is 0. The summed E-state index contributed by atoms with van der Waals surface area (Å²) in [5.41, 5.74) is 0.720. The number of benzene rings is 1. The molecular weight excluding hydrogens is 570 g/mol. The van der Waals surface area contributed by atoms with Crippen LogP contribution in [0, 0.1) is 0 Å². The van der Waals surface area contributed by atoms with Crippen molar-refractivity contribution in [2.24, 2.45) is 5.14 Å². The highest BCUT2D eigenvalue weighted by Crippen LogP contribution is 2.39. The fraction of sp³-hybridized carbons (Fsp3) is 0. The summed E-state index contributed by atoms with van der Waals surface area (Å²) in [4.78, 5) is 5.42. The van der Waals surface area contributed by atoms with Crippen molar-refractivity contribution in [3.8, 4) is 16.4 Å². The number of hydrogen-bond acceptors (Lipinski definition) is 8. The van der Waals surface area contributed by atoms with E-state index in [-0.39, 0.29) is 4.90 Å². The third kappa shape index (κ3) is 4.10. The average Bonchev–Trinajstić information content (AvgIpc) is 3.36. The van der Waals surface area contributed by atoms with E-state index in [0.29, 0.717) is 11.0 Å². The molecule has 0 atom stereocenters. The highest BCUT2D eigenvalue weighted by atomic mass is 79.9. The standard InChI is InChI=1S/C15H9Br2N5O2S4/c16-11-12(17)26-15(19-11)27-14-21-20-13(10-2-1-7-25-10)22(14)8-3-5-9(6-4-8)28(18,23)24/h1-7H,(H2,18,23,24). The number of nitrogens with zero attached hydrogens (tertiary/aromatic N) is 4. The molecule has 1 aromatic carbocycles. The number of sulfonamides is 1. The monoisotopic (exact) mass is 577 g/mol. The van der Waals surface area contributed by atoms with Gasteiger partial charge in [0.15, 0.2) is 10.2 Å². The van der Waals surface area contributed by atoms with Crippen LogP contribution >= 0.6 is 66.3 Å². The SMILES string of the molecule is NS(=O)(=O)c1ccc(-n2c(Sc3nc(Br)c(Br)s3)nnc2-c2cccs2)cc1. The average molecular weight is 579 g/mol. The largest absolute Gasteiger partial charge is 0.269 e. The van der Waals surface area contributed by atoms with Crippen LogP contribution in [0.5, 0.6) is 0 Å². The van der Waals surface area contributed by atoms with Crippen LogP contribution in [-0.2, 0) is 10.0 Å². The van der Waals surface area contributed by atoms with Crippen LogP contribution in [0.2, 0.25) is 0 Å². The number of thiophene rings is 1. The van der Waals surface area contributed by atoms with Gasteiger partial charge in [-0.25, -0.2) is 18.5 Å². The lowest BCUT2D eigenvalue weighted by Crippen LogP contribution is -2.12. The molecule has 0 aliphatic heterocycles. The predicted molar refractivity (Wildman–Crippen MR) is 118 cm³/mol. The predicted octanol–water partition coefficient (Wildman–Crippen LogP) is 4.78. The lowest BCUT2D eigenvalue weighted by molar-refractivity contribution is 0.598. The molecule has 0 aliphatic rings. The number of aromatic nitrogens is 4. The number of primary sulfonamides is 1. The Hall–Kier alpha value is -1.09. The summed E-state index contributed by atoms with van der Waals surface area (Å²) in [6.07, 6.45) is 0. The molecule has 7 nitrogen and oxygen atoms in total. The van der Waals surface area contributed by atoms with E-state index in [1.54, 1.807) is 23.5 Å². The van der Waals surface area contributed by atoms with Gasteiger partial charge in [-0.05, 0) is 79.3 Å². The molecule has 4 aromatic rings. The Morgan fingerprint density at radius 3 is 2.43 bits per heavy atom. The molecule has 0 unspecified atom stereocenters. The van der Waals surface area contributed by atoms with Crippen molar-refractivity contribution in [2.45, 2.75) is 14.4 Å². The summed E-state index contributed by atoms with van der Waals surface area (Å²) in [5.74, 6) is 0.663. The molecule has 2 N–H and O–H groups in total. The molecule has 3 heterocycles. The van der Waals surface area contributed by atoms with Crippen LogP contribution < -0.4 is 5.14 Å². The molecule has 13 heteroatoms. The van der Waals surface area contributed by atoms with E-state index in [1.165, 1.54) is 35.2 Å². The highest BCUT2D eigenvalue weighted by Gasteiger charge is 2.20. The van der Waals surface area contributed by atoms with Gasteiger partial charge in [-0.3, -0.25) is 4.57 Å². The minimum absolute atomic E-state index is 0.0454. The molecule has 0 saturated carbocycles. The zero-order valence-electron chi connectivity index (χ0n) is 13.6. The van der Waals surface area contributed by atoms with E-state index in [0.717, 1.165) is 23.3 Å². The van der Waals surface area contributed by atoms with Gasteiger partial charge in [-0.15, -0.1) is 21.5 Å². The van der Waals surface area contributed by atoms with Crippen LogP contribution in [0.3, 0.4) is 0 Å². The molecule has 3 aromatic heterocycles. The van der Waals surface area contributed by atoms with E-state index in [2.05, 4.69) is 47.0 Å². The number of rotatable bonds is 5. The first-order chi connectivity index (χ1) is 13.3. The highest BCUT2D eigenvalue weighted by molar-refractivity contribution is 9.13. The van der Waals surface area contributed by atoms with Gasteiger partial charge in [-0.1, -0.05) is 17.4 Å². The number of hydrogen-bond donors (Lipinski definition) is 1. The summed E-state index contributed by atoms with van der Waals surface area (Å²) in [7, 11) is -3.76. The van der Waals surface area contributed by atoms with Crippen LogP contribution in [-0.4, -0.2) is 28.2 Å². The Balaban J connectivity index is 1.82. The van der Waals surface area contributed by atoms with Crippen LogP contribution in [0.25, 0.3) is 16.4 Å². The molecule has 144 valence electrons. The van der Waals surface area contributed by atoms with Crippen molar-refractivity contribution in [1.82, 2.24) is 19.7 Å². The first-order valence-corrected chi connectivity index (χ1v) is 13.1. The minimum Gasteiger partial charge on any atom is -0.269 e. The molecule has 0 fully saturated rings. The Bertz CT molecular complexity index is 1210. The van der Waals surface area contributed by atoms with Gasteiger partial charge in [0.1, 0.15) is 8.39 Å². The molecule has 0 radical (unpaired) electrons. The zero-order chi connectivity index (χ0) is 19.9. The molecular formula is C15H9Br2N5O2S4. The summed E-state index contributed by atoms with van der Waals surface area (Å²) in [5, 5.41) is 16.4. The van der Waals surface area contributed by atoms with Crippen LogP contribution in [0.15, 0.2) is 64.6 Å². The van der Waals surface area contributed by atoms with E-state index >= 15 is 0 Å². The van der Waals surface area contributed by atoms with Gasteiger partial charge in [-0.2, -0.15) is 0 Å². The van der Waals surface area contributed by atoms with Crippen LogP contribution in [0.4, 0.5) is 0 Å². The van der Waals surface area contributed by atoms with Gasteiger partial charge < -0.3 is 0 Å². The Morgan fingerprint density at radius 2 is 1.86 bits per heavy atom. The van der Waals surface area contributed by atoms with E-state index in [4.69, 9.17) is 5.14 Å². The van der Waals surface area contributed by atoms with Crippen molar-refractivity contribution in [1.29, 1.82) is 0 Å². The van der Waals surface area contributed by atoms with Crippen molar-refractivity contribution < 1.29 is 8.42 Å². The molecule has 0 amide bonds. The number of nitrogens with two attached hydrogens (primary N) is 1. The zero-order valence-corrected chi connectivity index (χ0v) is 20.1. The maximum absolute atomic E-state index is 11.6. The number of halogens is 2. The molecule has 0 saturated heterocycles. The maximum Gasteiger partial charge on any atom is 0.238 e. The second-order valence-electron chi connectivity index (χ2n) is 5.30. The van der Waals surface area contributed by atoms with Crippen molar-refractivity contribution >= 4 is 76.3 Å². The summed E-state index contributed by atoms with van der Waals surface area (Å²) >= 11 is 11.2. The Labute approximate surface area is 189 Å². The van der Waals surface area contributed by atoms with Crippen molar-refractivity contribution in [2.75, 3.05) is 0 Å². The fourth-order valence-electron chi connectivity index (χ4n) is 2.31. The first-order valence-electron chi connectivity index (χ1n) is 7.45. The smallest absolute Gasteiger partial charge is 0.238 e. The third-order valence-corrected chi connectivity index (χ3v) is 9.38. The number of thiazole rings is 1. The minimum atomic E-state index is -3.76. The maximum atomic E-state index is 11.6. The van der Waals surface area contributed by atoms with E-state index in [1.807, 2.05) is 22.1 Å². The Kier molecular flexibility index (Phi) is 5.75. The van der Waals surface area contributed by atoms with Crippen molar-refractivity contribution in [3.63, 3.8) is 0 Å². The molecule has 0 spiro atoms. The third-order valence-electron chi connectivity index (χ3n) is 3.51. The lowest BCUT2D eigenvalue weighted by atomic mass is 10.3. The molecule has 0 bridgehead atoms. The first kappa shape index (κ1) is 20.2. The molecule has 4 rings (SSSR count). The van der Waals surface area contributed by atoms with E-state index < -0.39 is 10.0 Å². The van der Waals surface area contributed by atoms with Gasteiger partial charge in [0, 0.05) is 5.69 Å². The molecule has 0 aliphatic carbocycles.